The van der Waals surface area contributed by atoms with Gasteiger partial charge < -0.3 is 14.4 Å². The molecule has 6 nitrogen and oxygen atoms in total. The maximum absolute atomic E-state index is 10.9. The zero-order valence-corrected chi connectivity index (χ0v) is 11.4. The van der Waals surface area contributed by atoms with Gasteiger partial charge in [-0.3, -0.25) is 0 Å². The first-order valence-electron chi connectivity index (χ1n) is 6.29. The van der Waals surface area contributed by atoms with Crippen LogP contribution in [0, 0.1) is 0 Å². The molecule has 0 aliphatic heterocycles. The third-order valence-electron chi connectivity index (χ3n) is 3.00. The highest BCUT2D eigenvalue weighted by molar-refractivity contribution is 5.89. The molecule has 2 aromatic rings. The lowest BCUT2D eigenvalue weighted by Gasteiger charge is -2.05. The summed E-state index contributed by atoms with van der Waals surface area (Å²) in [4.78, 5) is 15.2. The maximum atomic E-state index is 10.9. The zero-order chi connectivity index (χ0) is 14.5. The molecular formula is C14H16N2O4. The highest BCUT2D eigenvalue weighted by atomic mass is 16.5. The van der Waals surface area contributed by atoms with E-state index in [9.17, 15) is 4.79 Å². The largest absolute Gasteiger partial charge is 0.478 e. The van der Waals surface area contributed by atoms with E-state index in [1.807, 2.05) is 6.92 Å². The minimum Gasteiger partial charge on any atom is -0.478 e. The van der Waals surface area contributed by atoms with Gasteiger partial charge in [0.15, 0.2) is 0 Å². The minimum absolute atomic E-state index is 0.126. The summed E-state index contributed by atoms with van der Waals surface area (Å²) in [6.45, 7) is 1.97. The summed E-state index contributed by atoms with van der Waals surface area (Å²) in [5.41, 5.74) is 0.821. The van der Waals surface area contributed by atoms with Crippen LogP contribution in [0.4, 0.5) is 0 Å². The molecule has 0 bridgehead atoms. The fourth-order valence-electron chi connectivity index (χ4n) is 1.71. The van der Waals surface area contributed by atoms with Crippen LogP contribution in [-0.2, 0) is 11.2 Å². The molecule has 106 valence electrons. The summed E-state index contributed by atoms with van der Waals surface area (Å²) < 4.78 is 10.3. The van der Waals surface area contributed by atoms with Crippen LogP contribution in [0.1, 0.15) is 29.6 Å². The van der Waals surface area contributed by atoms with Crippen molar-refractivity contribution < 1.29 is 19.2 Å². The monoisotopic (exact) mass is 276 g/mol. The second-order valence-corrected chi connectivity index (χ2v) is 4.48. The predicted molar refractivity (Wildman–Crippen MR) is 71.5 cm³/mol. The van der Waals surface area contributed by atoms with Gasteiger partial charge in [-0.25, -0.2) is 4.79 Å². The van der Waals surface area contributed by atoms with E-state index in [-0.39, 0.29) is 11.7 Å². The number of rotatable bonds is 6. The number of hydrogen-bond acceptors (Lipinski definition) is 5. The zero-order valence-electron chi connectivity index (χ0n) is 11.4. The Balaban J connectivity index is 2.12. The summed E-state index contributed by atoms with van der Waals surface area (Å²) in [7, 11) is 1.65. The van der Waals surface area contributed by atoms with E-state index < -0.39 is 5.97 Å². The van der Waals surface area contributed by atoms with E-state index in [4.69, 9.17) is 14.4 Å². The molecule has 0 radical (unpaired) electrons. The van der Waals surface area contributed by atoms with Crippen LogP contribution in [0.15, 0.2) is 28.8 Å². The van der Waals surface area contributed by atoms with E-state index in [0.29, 0.717) is 23.7 Å². The van der Waals surface area contributed by atoms with Gasteiger partial charge in [0, 0.05) is 19.1 Å². The van der Waals surface area contributed by atoms with Crippen LogP contribution < -0.4 is 0 Å². The van der Waals surface area contributed by atoms with Crippen molar-refractivity contribution in [3.8, 4) is 11.4 Å². The number of aromatic carboxylic acids is 1. The van der Waals surface area contributed by atoms with Crippen LogP contribution in [0.25, 0.3) is 11.4 Å². The molecule has 1 atom stereocenters. The van der Waals surface area contributed by atoms with Gasteiger partial charge in [0.25, 0.3) is 0 Å². The Bertz CT molecular complexity index is 594. The molecule has 0 saturated carbocycles. The summed E-state index contributed by atoms with van der Waals surface area (Å²) in [6.07, 6.45) is 1.54. The Hall–Kier alpha value is -2.21. The molecule has 1 N–H and O–H groups in total. The standard InChI is InChI=1S/C14H16N2O4/c1-9(19-2)6-7-12-15-13(16-20-12)10-4-3-5-11(8-10)14(17)18/h3-5,8-9H,6-7H2,1-2H3,(H,17,18). The molecule has 1 heterocycles. The number of carbonyl (C=O) groups is 1. The van der Waals surface area contributed by atoms with E-state index in [2.05, 4.69) is 10.1 Å². The van der Waals surface area contributed by atoms with Crippen molar-refractivity contribution >= 4 is 5.97 Å². The fraction of sp³-hybridized carbons (Fsp3) is 0.357. The molecule has 6 heteroatoms. The lowest BCUT2D eigenvalue weighted by Crippen LogP contribution is -2.05. The number of aromatic nitrogens is 2. The van der Waals surface area contributed by atoms with Gasteiger partial charge in [0.2, 0.25) is 11.7 Å². The Morgan fingerprint density at radius 2 is 2.30 bits per heavy atom. The van der Waals surface area contributed by atoms with Crippen molar-refractivity contribution in [1.82, 2.24) is 10.1 Å². The van der Waals surface area contributed by atoms with E-state index in [1.165, 1.54) is 12.1 Å². The van der Waals surface area contributed by atoms with Gasteiger partial charge in [0.05, 0.1) is 11.7 Å². The molecule has 0 spiro atoms. The normalized spacial score (nSPS) is 12.3. The second kappa shape index (κ2) is 6.29. The number of benzene rings is 1. The summed E-state index contributed by atoms with van der Waals surface area (Å²) in [5, 5.41) is 12.8. The quantitative estimate of drug-likeness (QED) is 0.872. The van der Waals surface area contributed by atoms with E-state index in [1.54, 1.807) is 19.2 Å². The van der Waals surface area contributed by atoms with Gasteiger partial charge >= 0.3 is 5.97 Å². The number of nitrogens with zero attached hydrogens (tertiary/aromatic N) is 2. The smallest absolute Gasteiger partial charge is 0.335 e. The van der Waals surface area contributed by atoms with Crippen LogP contribution >= 0.6 is 0 Å². The van der Waals surface area contributed by atoms with Crippen LogP contribution in [0.3, 0.4) is 0 Å². The van der Waals surface area contributed by atoms with Crippen molar-refractivity contribution in [2.75, 3.05) is 7.11 Å². The first kappa shape index (κ1) is 14.2. The molecular weight excluding hydrogens is 260 g/mol. The number of carboxylic acid groups (broad SMARTS) is 1. The number of hydrogen-bond donors (Lipinski definition) is 1. The molecule has 1 unspecified atom stereocenters. The molecule has 0 aliphatic rings. The highest BCUT2D eigenvalue weighted by Gasteiger charge is 2.12. The van der Waals surface area contributed by atoms with Crippen LogP contribution in [0.5, 0.6) is 0 Å². The van der Waals surface area contributed by atoms with Gasteiger partial charge in [-0.2, -0.15) is 4.98 Å². The molecule has 0 saturated heterocycles. The molecule has 2 rings (SSSR count). The van der Waals surface area contributed by atoms with Gasteiger partial charge in [-0.15, -0.1) is 0 Å². The SMILES string of the molecule is COC(C)CCc1nc(-c2cccc(C(=O)O)c2)no1. The predicted octanol–water partition coefficient (Wildman–Crippen LogP) is 2.40. The first-order valence-corrected chi connectivity index (χ1v) is 6.29. The summed E-state index contributed by atoms with van der Waals surface area (Å²) in [5.74, 6) is -0.0673. The van der Waals surface area contributed by atoms with Crippen LogP contribution in [0.2, 0.25) is 0 Å². The Labute approximate surface area is 116 Å². The summed E-state index contributed by atoms with van der Waals surface area (Å²) in [6, 6.07) is 6.45. The fourth-order valence-corrected chi connectivity index (χ4v) is 1.71. The van der Waals surface area contributed by atoms with Crippen molar-refractivity contribution in [2.24, 2.45) is 0 Å². The topological polar surface area (TPSA) is 85.5 Å². The average Bonchev–Trinajstić information content (AvgIpc) is 2.93. The van der Waals surface area contributed by atoms with Crippen molar-refractivity contribution in [2.45, 2.75) is 25.9 Å². The molecule has 0 aliphatic carbocycles. The highest BCUT2D eigenvalue weighted by Crippen LogP contribution is 2.18. The summed E-state index contributed by atoms with van der Waals surface area (Å²) >= 11 is 0. The average molecular weight is 276 g/mol. The van der Waals surface area contributed by atoms with E-state index in [0.717, 1.165) is 6.42 Å². The van der Waals surface area contributed by atoms with Gasteiger partial charge in [-0.05, 0) is 25.5 Å². The molecule has 1 aromatic heterocycles. The third kappa shape index (κ3) is 3.42. The number of methoxy groups -OCH3 is 1. The number of carboxylic acids is 1. The lowest BCUT2D eigenvalue weighted by molar-refractivity contribution is 0.0697. The molecule has 0 amide bonds. The number of ether oxygens (including phenoxy) is 1. The second-order valence-electron chi connectivity index (χ2n) is 4.48. The molecule has 20 heavy (non-hydrogen) atoms. The third-order valence-corrected chi connectivity index (χ3v) is 3.00. The number of aryl methyl sites for hydroxylation is 1. The minimum atomic E-state index is -0.982. The Kier molecular flexibility index (Phi) is 4.47. The Morgan fingerprint density at radius 1 is 1.50 bits per heavy atom. The van der Waals surface area contributed by atoms with Crippen LogP contribution in [-0.4, -0.2) is 34.4 Å². The molecule has 0 fully saturated rings. The van der Waals surface area contributed by atoms with Crippen molar-refractivity contribution in [1.29, 1.82) is 0 Å². The van der Waals surface area contributed by atoms with Gasteiger partial charge in [-0.1, -0.05) is 17.3 Å². The lowest BCUT2D eigenvalue weighted by atomic mass is 10.1. The van der Waals surface area contributed by atoms with Gasteiger partial charge in [0.1, 0.15) is 0 Å². The Morgan fingerprint density at radius 3 is 3.00 bits per heavy atom. The van der Waals surface area contributed by atoms with Crippen molar-refractivity contribution in [3.05, 3.63) is 35.7 Å². The maximum Gasteiger partial charge on any atom is 0.335 e. The van der Waals surface area contributed by atoms with Crippen molar-refractivity contribution in [3.63, 3.8) is 0 Å². The van der Waals surface area contributed by atoms with E-state index >= 15 is 0 Å². The molecule has 1 aromatic carbocycles. The first-order chi connectivity index (χ1) is 9.60.